The summed E-state index contributed by atoms with van der Waals surface area (Å²) in [6.45, 7) is 2.13. The Morgan fingerprint density at radius 2 is 1.33 bits per heavy atom. The number of rotatable bonds is 12. The van der Waals surface area contributed by atoms with Crippen molar-refractivity contribution in [1.29, 1.82) is 0 Å². The van der Waals surface area contributed by atoms with Gasteiger partial charge in [0.15, 0.2) is 11.5 Å². The van der Waals surface area contributed by atoms with Crippen LogP contribution in [0.1, 0.15) is 29.2 Å². The maximum absolute atomic E-state index is 10.8. The van der Waals surface area contributed by atoms with Crippen molar-refractivity contribution < 1.29 is 24.1 Å². The third-order valence-electron chi connectivity index (χ3n) is 5.60. The minimum atomic E-state index is -0.561. The van der Waals surface area contributed by atoms with Gasteiger partial charge in [-0.2, -0.15) is 0 Å². The van der Waals surface area contributed by atoms with E-state index in [0.717, 1.165) is 23.4 Å². The maximum atomic E-state index is 10.8. The number of methoxy groups -OCH3 is 4. The molecule has 1 unspecified atom stereocenters. The lowest BCUT2D eigenvalue weighted by Gasteiger charge is -2.25. The molecular weight excluding hydrogens is 418 g/mol. The highest BCUT2D eigenvalue weighted by atomic mass is 16.5. The van der Waals surface area contributed by atoms with Crippen LogP contribution in [0.2, 0.25) is 0 Å². The molecule has 6 nitrogen and oxygen atoms in total. The van der Waals surface area contributed by atoms with Crippen molar-refractivity contribution in [3.05, 3.63) is 83.4 Å². The largest absolute Gasteiger partial charge is 0.497 e. The fraction of sp³-hybridized carbons (Fsp3) is 0.333. The molecule has 1 N–H and O–H groups in total. The van der Waals surface area contributed by atoms with Gasteiger partial charge in [0.25, 0.3) is 0 Å². The Kier molecular flexibility index (Phi) is 8.98. The topological polar surface area (TPSA) is 60.4 Å². The molecular formula is C27H33NO5. The monoisotopic (exact) mass is 451 g/mol. The van der Waals surface area contributed by atoms with Crippen LogP contribution in [0.25, 0.3) is 0 Å². The van der Waals surface area contributed by atoms with Crippen LogP contribution >= 0.6 is 0 Å². The first-order chi connectivity index (χ1) is 16.1. The summed E-state index contributed by atoms with van der Waals surface area (Å²) in [5, 5.41) is 10.8. The van der Waals surface area contributed by atoms with Gasteiger partial charge in [-0.25, -0.2) is 0 Å². The molecule has 0 aromatic heterocycles. The second-order valence-corrected chi connectivity index (χ2v) is 7.81. The fourth-order valence-electron chi connectivity index (χ4n) is 3.84. The van der Waals surface area contributed by atoms with E-state index in [-0.39, 0.29) is 0 Å². The van der Waals surface area contributed by atoms with E-state index in [2.05, 4.69) is 17.0 Å². The first-order valence-corrected chi connectivity index (χ1v) is 10.9. The van der Waals surface area contributed by atoms with Crippen LogP contribution < -0.4 is 18.9 Å². The van der Waals surface area contributed by atoms with Gasteiger partial charge in [-0.15, -0.1) is 0 Å². The molecule has 0 heterocycles. The zero-order chi connectivity index (χ0) is 23.6. The Labute approximate surface area is 196 Å². The highest BCUT2D eigenvalue weighted by molar-refractivity contribution is 5.53. The fourth-order valence-corrected chi connectivity index (χ4v) is 3.84. The number of nitrogens with zero attached hydrogens (tertiary/aromatic N) is 1. The minimum absolute atomic E-state index is 0.561. The van der Waals surface area contributed by atoms with Gasteiger partial charge in [-0.05, 0) is 47.4 Å². The second kappa shape index (κ2) is 12.1. The summed E-state index contributed by atoms with van der Waals surface area (Å²) in [5.41, 5.74) is 3.13. The van der Waals surface area contributed by atoms with Gasteiger partial charge < -0.3 is 24.1 Å². The number of benzene rings is 3. The van der Waals surface area contributed by atoms with Crippen molar-refractivity contribution in [3.8, 4) is 23.0 Å². The van der Waals surface area contributed by atoms with E-state index < -0.39 is 6.10 Å². The molecule has 0 saturated carbocycles. The molecule has 33 heavy (non-hydrogen) atoms. The SMILES string of the molecule is COc1ccc(C(O)CCN(Cc2ccccc2)Cc2cc(OC)c(OC)c(OC)c2)cc1. The van der Waals surface area contributed by atoms with Crippen LogP contribution in [0.15, 0.2) is 66.7 Å². The normalized spacial score (nSPS) is 11.8. The summed E-state index contributed by atoms with van der Waals surface area (Å²) in [7, 11) is 6.47. The van der Waals surface area contributed by atoms with E-state index >= 15 is 0 Å². The van der Waals surface area contributed by atoms with Crippen molar-refractivity contribution in [2.24, 2.45) is 0 Å². The van der Waals surface area contributed by atoms with Crippen LogP contribution in [0, 0.1) is 0 Å². The molecule has 0 aliphatic heterocycles. The van der Waals surface area contributed by atoms with Gasteiger partial charge in [-0.3, -0.25) is 4.90 Å². The molecule has 0 aliphatic carbocycles. The van der Waals surface area contributed by atoms with Crippen molar-refractivity contribution in [2.45, 2.75) is 25.6 Å². The van der Waals surface area contributed by atoms with E-state index in [4.69, 9.17) is 18.9 Å². The summed E-state index contributed by atoms with van der Waals surface area (Å²) < 4.78 is 21.7. The van der Waals surface area contributed by atoms with E-state index in [1.807, 2.05) is 54.6 Å². The molecule has 6 heteroatoms. The standard InChI is InChI=1S/C27H33NO5/c1-30-23-12-10-22(11-13-23)24(29)14-15-28(18-20-8-6-5-7-9-20)19-21-16-25(31-2)27(33-4)26(17-21)32-3/h5-13,16-17,24,29H,14-15,18-19H2,1-4H3. The highest BCUT2D eigenvalue weighted by Gasteiger charge is 2.17. The van der Waals surface area contributed by atoms with Crippen molar-refractivity contribution in [3.63, 3.8) is 0 Å². The maximum Gasteiger partial charge on any atom is 0.203 e. The molecule has 176 valence electrons. The Balaban J connectivity index is 1.78. The summed E-state index contributed by atoms with van der Waals surface area (Å²) in [5.74, 6) is 2.61. The number of hydrogen-bond donors (Lipinski definition) is 1. The smallest absolute Gasteiger partial charge is 0.203 e. The lowest BCUT2D eigenvalue weighted by atomic mass is 10.1. The summed E-state index contributed by atoms with van der Waals surface area (Å²) >= 11 is 0. The zero-order valence-electron chi connectivity index (χ0n) is 19.8. The van der Waals surface area contributed by atoms with E-state index in [9.17, 15) is 5.11 Å². The van der Waals surface area contributed by atoms with Gasteiger partial charge >= 0.3 is 0 Å². The summed E-state index contributed by atoms with van der Waals surface area (Å²) in [6.07, 6.45) is 0.0398. The minimum Gasteiger partial charge on any atom is -0.497 e. The number of aliphatic hydroxyl groups excluding tert-OH is 1. The molecule has 0 aliphatic rings. The zero-order valence-corrected chi connectivity index (χ0v) is 19.8. The van der Waals surface area contributed by atoms with E-state index in [0.29, 0.717) is 36.8 Å². The molecule has 0 fully saturated rings. The highest BCUT2D eigenvalue weighted by Crippen LogP contribution is 2.38. The molecule has 3 rings (SSSR count). The molecule has 3 aromatic rings. The third kappa shape index (κ3) is 6.63. The van der Waals surface area contributed by atoms with Gasteiger partial charge in [-0.1, -0.05) is 42.5 Å². The first kappa shape index (κ1) is 24.4. The van der Waals surface area contributed by atoms with Crippen LogP contribution in [0.4, 0.5) is 0 Å². The van der Waals surface area contributed by atoms with Crippen LogP contribution in [-0.2, 0) is 13.1 Å². The Morgan fingerprint density at radius 3 is 1.88 bits per heavy atom. The van der Waals surface area contributed by atoms with Crippen LogP contribution in [0.3, 0.4) is 0 Å². The summed E-state index contributed by atoms with van der Waals surface area (Å²) in [6, 6.07) is 21.8. The average Bonchev–Trinajstić information content (AvgIpc) is 2.87. The Bertz CT molecular complexity index is 966. The van der Waals surface area contributed by atoms with E-state index in [1.165, 1.54) is 5.56 Å². The third-order valence-corrected chi connectivity index (χ3v) is 5.60. The first-order valence-electron chi connectivity index (χ1n) is 10.9. The van der Waals surface area contributed by atoms with Crippen molar-refractivity contribution >= 4 is 0 Å². The molecule has 0 amide bonds. The van der Waals surface area contributed by atoms with Gasteiger partial charge in [0.05, 0.1) is 34.5 Å². The predicted octanol–water partition coefficient (Wildman–Crippen LogP) is 4.85. The number of hydrogen-bond acceptors (Lipinski definition) is 6. The number of ether oxygens (including phenoxy) is 4. The average molecular weight is 452 g/mol. The molecule has 0 spiro atoms. The molecule has 0 saturated heterocycles. The molecule has 3 aromatic carbocycles. The molecule has 0 bridgehead atoms. The number of aliphatic hydroxyl groups is 1. The molecule has 0 radical (unpaired) electrons. The quantitative estimate of drug-likeness (QED) is 0.425. The van der Waals surface area contributed by atoms with E-state index in [1.54, 1.807) is 28.4 Å². The lowest BCUT2D eigenvalue weighted by Crippen LogP contribution is -2.25. The Hall–Kier alpha value is -3.22. The Morgan fingerprint density at radius 1 is 0.727 bits per heavy atom. The molecule has 1 atom stereocenters. The lowest BCUT2D eigenvalue weighted by molar-refractivity contribution is 0.137. The predicted molar refractivity (Wildman–Crippen MR) is 129 cm³/mol. The van der Waals surface area contributed by atoms with Crippen LogP contribution in [-0.4, -0.2) is 45.0 Å². The van der Waals surface area contributed by atoms with Crippen molar-refractivity contribution in [1.82, 2.24) is 4.90 Å². The van der Waals surface area contributed by atoms with Gasteiger partial charge in [0.2, 0.25) is 5.75 Å². The summed E-state index contributed by atoms with van der Waals surface area (Å²) in [4.78, 5) is 2.31. The van der Waals surface area contributed by atoms with Gasteiger partial charge in [0, 0.05) is 19.6 Å². The van der Waals surface area contributed by atoms with Gasteiger partial charge in [0.1, 0.15) is 5.75 Å². The second-order valence-electron chi connectivity index (χ2n) is 7.81. The van der Waals surface area contributed by atoms with Crippen molar-refractivity contribution in [2.75, 3.05) is 35.0 Å². The van der Waals surface area contributed by atoms with Crippen LogP contribution in [0.5, 0.6) is 23.0 Å².